The first kappa shape index (κ1) is 10.7. The number of benzene rings is 1. The van der Waals surface area contributed by atoms with E-state index in [9.17, 15) is 0 Å². The minimum absolute atomic E-state index is 0.107. The summed E-state index contributed by atoms with van der Waals surface area (Å²) in [7, 11) is 0. The van der Waals surface area contributed by atoms with E-state index in [0.717, 1.165) is 11.1 Å². The molecule has 0 saturated carbocycles. The zero-order chi connectivity index (χ0) is 10.6. The molecule has 0 heterocycles. The summed E-state index contributed by atoms with van der Waals surface area (Å²) in [5, 5.41) is 0. The van der Waals surface area contributed by atoms with Gasteiger partial charge in [0, 0.05) is 12.1 Å². The molecule has 0 saturated heterocycles. The van der Waals surface area contributed by atoms with Gasteiger partial charge < -0.3 is 11.5 Å². The molecule has 2 unspecified atom stereocenters. The van der Waals surface area contributed by atoms with Crippen LogP contribution in [0.25, 0.3) is 0 Å². The van der Waals surface area contributed by atoms with Crippen molar-refractivity contribution in [2.45, 2.75) is 12.1 Å². The summed E-state index contributed by atoms with van der Waals surface area (Å²) >= 11 is 0. The van der Waals surface area contributed by atoms with Gasteiger partial charge in [-0.25, -0.2) is 0 Å². The van der Waals surface area contributed by atoms with E-state index < -0.39 is 0 Å². The fourth-order valence-electron chi connectivity index (χ4n) is 1.21. The predicted octanol–water partition coefficient (Wildman–Crippen LogP) is 2.06. The van der Waals surface area contributed by atoms with Gasteiger partial charge in [-0.3, -0.25) is 0 Å². The molecule has 0 aliphatic carbocycles. The van der Waals surface area contributed by atoms with Gasteiger partial charge in [-0.1, -0.05) is 36.4 Å². The molecule has 4 N–H and O–H groups in total. The van der Waals surface area contributed by atoms with Crippen molar-refractivity contribution in [1.82, 2.24) is 0 Å². The van der Waals surface area contributed by atoms with Crippen LogP contribution >= 0.6 is 0 Å². The van der Waals surface area contributed by atoms with E-state index in [1.54, 1.807) is 12.2 Å². The molecule has 2 nitrogen and oxygen atoms in total. The van der Waals surface area contributed by atoms with Crippen LogP contribution in [-0.2, 0) is 0 Å². The number of nitrogens with two attached hydrogens (primary N) is 2. The molecule has 74 valence electrons. The van der Waals surface area contributed by atoms with E-state index in [4.69, 9.17) is 11.5 Å². The summed E-state index contributed by atoms with van der Waals surface area (Å²) in [6, 6.07) is 7.64. The van der Waals surface area contributed by atoms with Crippen LogP contribution in [-0.4, -0.2) is 0 Å². The maximum Gasteiger partial charge on any atom is 0.0478 e. The number of hydrogen-bond acceptors (Lipinski definition) is 2. The quantitative estimate of drug-likeness (QED) is 0.710. The molecule has 0 aliphatic heterocycles. The SMILES string of the molecule is C=CC(N)c1ccc(C(N)C=C)cc1. The lowest BCUT2D eigenvalue weighted by Crippen LogP contribution is -2.09. The maximum atomic E-state index is 5.78. The molecule has 2 atom stereocenters. The Morgan fingerprint density at radius 1 is 0.857 bits per heavy atom. The highest BCUT2D eigenvalue weighted by molar-refractivity contribution is 5.29. The lowest BCUT2D eigenvalue weighted by atomic mass is 10.0. The molecule has 14 heavy (non-hydrogen) atoms. The summed E-state index contributed by atoms with van der Waals surface area (Å²) in [6.45, 7) is 7.29. The van der Waals surface area contributed by atoms with E-state index in [-0.39, 0.29) is 12.1 Å². The minimum atomic E-state index is -0.107. The van der Waals surface area contributed by atoms with Gasteiger partial charge in [-0.15, -0.1) is 13.2 Å². The summed E-state index contributed by atoms with van der Waals surface area (Å²) < 4.78 is 0. The highest BCUT2D eigenvalue weighted by Gasteiger charge is 2.03. The summed E-state index contributed by atoms with van der Waals surface area (Å²) in [6.07, 6.45) is 3.42. The van der Waals surface area contributed by atoms with Crippen LogP contribution in [0.3, 0.4) is 0 Å². The molecule has 0 spiro atoms. The van der Waals surface area contributed by atoms with E-state index >= 15 is 0 Å². The van der Waals surface area contributed by atoms with Gasteiger partial charge in [0.1, 0.15) is 0 Å². The van der Waals surface area contributed by atoms with Crippen LogP contribution in [0.5, 0.6) is 0 Å². The van der Waals surface area contributed by atoms with Crippen molar-refractivity contribution in [2.75, 3.05) is 0 Å². The Kier molecular flexibility index (Phi) is 3.63. The summed E-state index contributed by atoms with van der Waals surface area (Å²) in [5.74, 6) is 0. The van der Waals surface area contributed by atoms with Gasteiger partial charge >= 0.3 is 0 Å². The summed E-state index contributed by atoms with van der Waals surface area (Å²) in [4.78, 5) is 0. The Balaban J connectivity index is 2.88. The van der Waals surface area contributed by atoms with Crippen molar-refractivity contribution < 1.29 is 0 Å². The molecule has 0 bridgehead atoms. The van der Waals surface area contributed by atoms with Crippen molar-refractivity contribution in [1.29, 1.82) is 0 Å². The van der Waals surface area contributed by atoms with Crippen LogP contribution in [0, 0.1) is 0 Å². The molecule has 1 aromatic carbocycles. The smallest absolute Gasteiger partial charge is 0.0478 e. The fourth-order valence-corrected chi connectivity index (χ4v) is 1.21. The molecule has 0 aromatic heterocycles. The Hall–Kier alpha value is -1.38. The number of hydrogen-bond donors (Lipinski definition) is 2. The Morgan fingerprint density at radius 3 is 1.36 bits per heavy atom. The third-order valence-corrected chi connectivity index (χ3v) is 2.21. The van der Waals surface area contributed by atoms with Gasteiger partial charge in [0.05, 0.1) is 0 Å². The molecule has 0 aliphatic rings. The molecule has 1 aromatic rings. The minimum Gasteiger partial charge on any atom is -0.321 e. The van der Waals surface area contributed by atoms with Crippen molar-refractivity contribution in [3.8, 4) is 0 Å². The molecule has 0 fully saturated rings. The molecular formula is C12H16N2. The van der Waals surface area contributed by atoms with Gasteiger partial charge in [0.25, 0.3) is 0 Å². The van der Waals surface area contributed by atoms with E-state index in [1.165, 1.54) is 0 Å². The lowest BCUT2D eigenvalue weighted by Gasteiger charge is -2.10. The maximum absolute atomic E-state index is 5.78. The van der Waals surface area contributed by atoms with E-state index in [2.05, 4.69) is 13.2 Å². The predicted molar refractivity (Wildman–Crippen MR) is 60.7 cm³/mol. The first-order valence-corrected chi connectivity index (χ1v) is 4.55. The third-order valence-electron chi connectivity index (χ3n) is 2.21. The standard InChI is InChI=1S/C12H16N2/c1-3-11(13)9-5-7-10(8-6-9)12(14)4-2/h3-8,11-12H,1-2,13-14H2. The van der Waals surface area contributed by atoms with Crippen LogP contribution in [0.1, 0.15) is 23.2 Å². The van der Waals surface area contributed by atoms with Gasteiger partial charge in [-0.05, 0) is 11.1 Å². The Morgan fingerprint density at radius 2 is 1.14 bits per heavy atom. The molecule has 0 amide bonds. The van der Waals surface area contributed by atoms with Crippen LogP contribution in [0.15, 0.2) is 49.6 Å². The second-order valence-electron chi connectivity index (χ2n) is 3.19. The zero-order valence-corrected chi connectivity index (χ0v) is 8.19. The molecular weight excluding hydrogens is 172 g/mol. The highest BCUT2D eigenvalue weighted by Crippen LogP contribution is 2.16. The highest BCUT2D eigenvalue weighted by atomic mass is 14.6. The topological polar surface area (TPSA) is 52.0 Å². The first-order chi connectivity index (χ1) is 6.69. The second-order valence-corrected chi connectivity index (χ2v) is 3.19. The molecule has 0 radical (unpaired) electrons. The fraction of sp³-hybridized carbons (Fsp3) is 0.167. The number of rotatable bonds is 4. The Labute approximate surface area is 84.9 Å². The third kappa shape index (κ3) is 2.31. The van der Waals surface area contributed by atoms with Crippen molar-refractivity contribution in [2.24, 2.45) is 11.5 Å². The average molecular weight is 188 g/mol. The van der Waals surface area contributed by atoms with Crippen LogP contribution in [0.4, 0.5) is 0 Å². The van der Waals surface area contributed by atoms with E-state index in [1.807, 2.05) is 24.3 Å². The van der Waals surface area contributed by atoms with Crippen LogP contribution in [0.2, 0.25) is 0 Å². The second kappa shape index (κ2) is 4.74. The zero-order valence-electron chi connectivity index (χ0n) is 8.19. The average Bonchev–Trinajstić information content (AvgIpc) is 2.27. The lowest BCUT2D eigenvalue weighted by molar-refractivity contribution is 0.890. The van der Waals surface area contributed by atoms with E-state index in [0.29, 0.717) is 0 Å². The van der Waals surface area contributed by atoms with Gasteiger partial charge in [0.15, 0.2) is 0 Å². The van der Waals surface area contributed by atoms with Crippen molar-refractivity contribution in [3.63, 3.8) is 0 Å². The first-order valence-electron chi connectivity index (χ1n) is 4.55. The monoisotopic (exact) mass is 188 g/mol. The Bertz CT molecular complexity index is 281. The van der Waals surface area contributed by atoms with Crippen LogP contribution < -0.4 is 11.5 Å². The van der Waals surface area contributed by atoms with Gasteiger partial charge in [-0.2, -0.15) is 0 Å². The summed E-state index contributed by atoms with van der Waals surface area (Å²) in [5.41, 5.74) is 13.7. The normalized spacial score (nSPS) is 14.4. The molecule has 2 heteroatoms. The largest absolute Gasteiger partial charge is 0.321 e. The molecule has 1 rings (SSSR count). The van der Waals surface area contributed by atoms with Crippen molar-refractivity contribution in [3.05, 3.63) is 60.7 Å². The van der Waals surface area contributed by atoms with Gasteiger partial charge in [0.2, 0.25) is 0 Å². The van der Waals surface area contributed by atoms with Crippen molar-refractivity contribution >= 4 is 0 Å².